The topological polar surface area (TPSA) is 66.6 Å². The van der Waals surface area contributed by atoms with Gasteiger partial charge in [-0.25, -0.2) is 18.0 Å². The fourth-order valence-electron chi connectivity index (χ4n) is 2.98. The van der Waals surface area contributed by atoms with Crippen LogP contribution in [0.2, 0.25) is 0 Å². The second kappa shape index (κ2) is 6.78. The molecule has 2 rings (SSSR count). The molecule has 1 aliphatic heterocycles. The zero-order valence-electron chi connectivity index (χ0n) is 12.9. The minimum atomic E-state index is -3.30. The fraction of sp³-hybridized carbons (Fsp3) is 0.562. The van der Waals surface area contributed by atoms with E-state index in [1.54, 1.807) is 6.92 Å². The van der Waals surface area contributed by atoms with Gasteiger partial charge in [0.05, 0.1) is 5.56 Å². The third kappa shape index (κ3) is 3.96. The van der Waals surface area contributed by atoms with Gasteiger partial charge < -0.3 is 15.7 Å². The lowest BCUT2D eigenvalue weighted by Gasteiger charge is -2.32. The molecule has 1 unspecified atom stereocenters. The van der Waals surface area contributed by atoms with Crippen LogP contribution in [0.4, 0.5) is 18.0 Å². The van der Waals surface area contributed by atoms with Crippen molar-refractivity contribution in [2.24, 2.45) is 11.7 Å². The Morgan fingerprint density at radius 3 is 2.57 bits per heavy atom. The quantitative estimate of drug-likeness (QED) is 0.884. The second-order valence-electron chi connectivity index (χ2n) is 6.12. The number of likely N-dealkylation sites (tertiary alicyclic amines) is 1. The average molecular weight is 330 g/mol. The molecule has 1 heterocycles. The van der Waals surface area contributed by atoms with Crippen molar-refractivity contribution < 1.29 is 23.1 Å². The lowest BCUT2D eigenvalue weighted by molar-refractivity contribution is -0.0392. The Balaban J connectivity index is 2.11. The van der Waals surface area contributed by atoms with E-state index >= 15 is 0 Å². The summed E-state index contributed by atoms with van der Waals surface area (Å²) in [5.74, 6) is -4.58. The minimum absolute atomic E-state index is 0.0721. The Morgan fingerprint density at radius 1 is 1.43 bits per heavy atom. The Bertz CT molecular complexity index is 570. The number of nitrogens with two attached hydrogens (primary N) is 1. The number of halogens is 3. The molecular formula is C16H21F3N2O2. The van der Waals surface area contributed by atoms with Crippen molar-refractivity contribution in [3.05, 3.63) is 35.1 Å². The summed E-state index contributed by atoms with van der Waals surface area (Å²) in [6.45, 7) is 2.01. The molecule has 0 aliphatic carbocycles. The van der Waals surface area contributed by atoms with E-state index < -0.39 is 35.9 Å². The zero-order chi connectivity index (χ0) is 17.2. The molecule has 1 aromatic rings. The molecule has 1 atom stereocenters. The summed E-state index contributed by atoms with van der Waals surface area (Å²) in [4.78, 5) is 12.0. The van der Waals surface area contributed by atoms with Crippen LogP contribution in [0.3, 0.4) is 0 Å². The Morgan fingerprint density at radius 2 is 2.04 bits per heavy atom. The predicted octanol–water partition coefficient (Wildman–Crippen LogP) is 3.72. The number of carbonyl (C=O) groups is 1. The maximum absolute atomic E-state index is 14.5. The van der Waals surface area contributed by atoms with Crippen molar-refractivity contribution in [1.29, 1.82) is 0 Å². The summed E-state index contributed by atoms with van der Waals surface area (Å²) in [6.07, 6.45) is -0.807. The molecule has 128 valence electrons. The molecule has 0 aromatic heterocycles. The monoisotopic (exact) mass is 330 g/mol. The van der Waals surface area contributed by atoms with Gasteiger partial charge in [0, 0.05) is 31.1 Å². The Hall–Kier alpha value is -1.76. The number of amides is 1. The van der Waals surface area contributed by atoms with E-state index in [1.165, 1.54) is 17.0 Å². The van der Waals surface area contributed by atoms with E-state index in [0.29, 0.717) is 12.8 Å². The van der Waals surface area contributed by atoms with Gasteiger partial charge in [0.15, 0.2) is 0 Å². The average Bonchev–Trinajstić information content (AvgIpc) is 2.47. The number of hydrogen-bond acceptors (Lipinski definition) is 2. The maximum atomic E-state index is 14.5. The first kappa shape index (κ1) is 17.6. The molecule has 0 bridgehead atoms. The van der Waals surface area contributed by atoms with Crippen molar-refractivity contribution in [3.63, 3.8) is 0 Å². The number of piperidine rings is 1. The standard InChI is InChI=1S/C16H21F3N2O2/c1-10(20)12-3-2-4-13(14(12)17)16(18,19)9-11-5-7-21(8-6-11)15(22)23/h2-4,10-11H,5-9,20H2,1H3,(H,22,23). The lowest BCUT2D eigenvalue weighted by Crippen LogP contribution is -2.38. The third-order valence-electron chi connectivity index (χ3n) is 4.34. The van der Waals surface area contributed by atoms with Gasteiger partial charge in [0.2, 0.25) is 0 Å². The van der Waals surface area contributed by atoms with Crippen molar-refractivity contribution in [1.82, 2.24) is 4.90 Å². The van der Waals surface area contributed by atoms with Gasteiger partial charge in [-0.15, -0.1) is 0 Å². The van der Waals surface area contributed by atoms with Crippen LogP contribution in [-0.4, -0.2) is 29.2 Å². The van der Waals surface area contributed by atoms with Gasteiger partial charge >= 0.3 is 6.09 Å². The predicted molar refractivity (Wildman–Crippen MR) is 79.8 cm³/mol. The molecular weight excluding hydrogens is 309 g/mol. The maximum Gasteiger partial charge on any atom is 0.407 e. The van der Waals surface area contributed by atoms with Crippen LogP contribution in [-0.2, 0) is 5.92 Å². The number of alkyl halides is 2. The minimum Gasteiger partial charge on any atom is -0.465 e. The van der Waals surface area contributed by atoms with Gasteiger partial charge in [-0.3, -0.25) is 0 Å². The highest BCUT2D eigenvalue weighted by Crippen LogP contribution is 2.40. The van der Waals surface area contributed by atoms with Gasteiger partial charge in [-0.1, -0.05) is 18.2 Å². The van der Waals surface area contributed by atoms with Crippen LogP contribution < -0.4 is 5.73 Å². The summed E-state index contributed by atoms with van der Waals surface area (Å²) in [5, 5.41) is 8.87. The van der Waals surface area contributed by atoms with E-state index in [9.17, 15) is 18.0 Å². The largest absolute Gasteiger partial charge is 0.465 e. The second-order valence-corrected chi connectivity index (χ2v) is 6.12. The van der Waals surface area contributed by atoms with E-state index in [2.05, 4.69) is 0 Å². The molecule has 1 amide bonds. The summed E-state index contributed by atoms with van der Waals surface area (Å²) >= 11 is 0. The molecule has 1 fully saturated rings. The molecule has 4 nitrogen and oxygen atoms in total. The molecule has 0 saturated carbocycles. The first-order chi connectivity index (χ1) is 10.7. The molecule has 23 heavy (non-hydrogen) atoms. The number of nitrogens with zero attached hydrogens (tertiary/aromatic N) is 1. The summed E-state index contributed by atoms with van der Waals surface area (Å²) in [6, 6.07) is 3.22. The molecule has 1 aliphatic rings. The first-order valence-electron chi connectivity index (χ1n) is 7.62. The van der Waals surface area contributed by atoms with E-state index in [4.69, 9.17) is 10.8 Å². The van der Waals surface area contributed by atoms with Crippen molar-refractivity contribution >= 4 is 6.09 Å². The highest BCUT2D eigenvalue weighted by atomic mass is 19.3. The summed E-state index contributed by atoms with van der Waals surface area (Å²) < 4.78 is 43.3. The lowest BCUT2D eigenvalue weighted by atomic mass is 9.87. The molecule has 7 heteroatoms. The van der Waals surface area contributed by atoms with Crippen molar-refractivity contribution in [2.45, 2.75) is 38.2 Å². The van der Waals surface area contributed by atoms with E-state index in [-0.39, 0.29) is 24.6 Å². The SMILES string of the molecule is CC(N)c1cccc(C(F)(F)CC2CCN(C(=O)O)CC2)c1F. The van der Waals surface area contributed by atoms with Gasteiger partial charge in [0.25, 0.3) is 5.92 Å². The Labute approximate surface area is 133 Å². The summed E-state index contributed by atoms with van der Waals surface area (Å²) in [7, 11) is 0. The van der Waals surface area contributed by atoms with Crippen molar-refractivity contribution in [3.8, 4) is 0 Å². The van der Waals surface area contributed by atoms with E-state index in [0.717, 1.165) is 6.07 Å². The Kier molecular flexibility index (Phi) is 5.19. The normalized spacial score (nSPS) is 18.0. The first-order valence-corrected chi connectivity index (χ1v) is 7.62. The number of rotatable bonds is 4. The molecule has 0 spiro atoms. The van der Waals surface area contributed by atoms with Gasteiger partial charge in [-0.2, -0.15) is 0 Å². The molecule has 3 N–H and O–H groups in total. The van der Waals surface area contributed by atoms with Crippen LogP contribution in [0.1, 0.15) is 43.4 Å². The number of hydrogen-bond donors (Lipinski definition) is 2. The summed E-state index contributed by atoms with van der Waals surface area (Å²) in [5.41, 5.74) is 5.05. The van der Waals surface area contributed by atoms with Gasteiger partial charge in [0.1, 0.15) is 5.82 Å². The van der Waals surface area contributed by atoms with Gasteiger partial charge in [-0.05, 0) is 25.7 Å². The zero-order valence-corrected chi connectivity index (χ0v) is 12.9. The highest BCUT2D eigenvalue weighted by molar-refractivity contribution is 5.64. The number of carboxylic acid groups (broad SMARTS) is 1. The molecule has 1 saturated heterocycles. The van der Waals surface area contributed by atoms with Crippen LogP contribution in [0.25, 0.3) is 0 Å². The molecule has 0 radical (unpaired) electrons. The smallest absolute Gasteiger partial charge is 0.407 e. The third-order valence-corrected chi connectivity index (χ3v) is 4.34. The van der Waals surface area contributed by atoms with Crippen LogP contribution in [0.15, 0.2) is 18.2 Å². The molecule has 1 aromatic carbocycles. The van der Waals surface area contributed by atoms with Crippen LogP contribution in [0, 0.1) is 11.7 Å². The van der Waals surface area contributed by atoms with Crippen LogP contribution in [0.5, 0.6) is 0 Å². The van der Waals surface area contributed by atoms with E-state index in [1.807, 2.05) is 0 Å². The van der Waals surface area contributed by atoms with Crippen molar-refractivity contribution in [2.75, 3.05) is 13.1 Å². The fourth-order valence-corrected chi connectivity index (χ4v) is 2.98. The number of benzene rings is 1. The van der Waals surface area contributed by atoms with Crippen LogP contribution >= 0.6 is 0 Å². The highest BCUT2D eigenvalue weighted by Gasteiger charge is 2.39.